The van der Waals surface area contributed by atoms with Gasteiger partial charge in [0.25, 0.3) is 0 Å². The van der Waals surface area contributed by atoms with Crippen LogP contribution >= 0.6 is 0 Å². The van der Waals surface area contributed by atoms with Crippen LogP contribution < -0.4 is 0 Å². The summed E-state index contributed by atoms with van der Waals surface area (Å²) in [6.45, 7) is 0. The number of pyridine rings is 1. The number of benzene rings is 2. The summed E-state index contributed by atoms with van der Waals surface area (Å²) in [6, 6.07) is 19.5. The molecule has 0 aliphatic heterocycles. The van der Waals surface area contributed by atoms with Crippen molar-refractivity contribution < 1.29 is 4.39 Å². The highest BCUT2D eigenvalue weighted by Gasteiger charge is 2.11. The van der Waals surface area contributed by atoms with Crippen molar-refractivity contribution in [1.82, 2.24) is 4.98 Å². The van der Waals surface area contributed by atoms with Crippen LogP contribution in [0.3, 0.4) is 0 Å². The third-order valence-corrected chi connectivity index (χ3v) is 3.24. The quantitative estimate of drug-likeness (QED) is 0.668. The smallest absolute Gasteiger partial charge is 0.146 e. The van der Waals surface area contributed by atoms with Crippen molar-refractivity contribution in [2.75, 3.05) is 0 Å². The Morgan fingerprint density at radius 2 is 1.68 bits per heavy atom. The van der Waals surface area contributed by atoms with Gasteiger partial charge in [-0.05, 0) is 28.5 Å². The Morgan fingerprint density at radius 1 is 0.895 bits per heavy atom. The minimum absolute atomic E-state index is 0.363. The van der Waals surface area contributed by atoms with E-state index in [-0.39, 0.29) is 0 Å². The summed E-state index contributed by atoms with van der Waals surface area (Å²) < 4.78 is 14.2. The maximum absolute atomic E-state index is 14.2. The lowest BCUT2D eigenvalue weighted by atomic mass is 10.0. The second-order valence-electron chi connectivity index (χ2n) is 4.61. The van der Waals surface area contributed by atoms with Crippen molar-refractivity contribution in [3.05, 3.63) is 78.1 Å². The molecule has 0 aliphatic rings. The van der Waals surface area contributed by atoms with Gasteiger partial charge in [0.05, 0.1) is 5.69 Å². The molecule has 0 amide bonds. The zero-order valence-electron chi connectivity index (χ0n) is 10.5. The van der Waals surface area contributed by atoms with Crippen molar-refractivity contribution in [3.8, 4) is 0 Å². The van der Waals surface area contributed by atoms with Crippen LogP contribution in [0, 0.1) is 0 Å². The van der Waals surface area contributed by atoms with Gasteiger partial charge in [-0.25, -0.2) is 4.39 Å². The van der Waals surface area contributed by atoms with Gasteiger partial charge < -0.3 is 0 Å². The Morgan fingerprint density at radius 3 is 2.47 bits per heavy atom. The maximum atomic E-state index is 14.2. The fourth-order valence-electron chi connectivity index (χ4n) is 2.24. The molecule has 1 heterocycles. The molecule has 94 valence electrons. The van der Waals surface area contributed by atoms with E-state index in [2.05, 4.69) is 11.1 Å². The SMILES string of the molecule is FC(Cc1ccc2ccccc2c1)c1ccccn1. The molecule has 1 unspecified atom stereocenters. The van der Waals surface area contributed by atoms with Crippen LogP contribution in [0.5, 0.6) is 0 Å². The normalized spacial score (nSPS) is 12.5. The van der Waals surface area contributed by atoms with Gasteiger partial charge in [-0.1, -0.05) is 48.5 Å². The van der Waals surface area contributed by atoms with Gasteiger partial charge >= 0.3 is 0 Å². The van der Waals surface area contributed by atoms with Crippen molar-refractivity contribution in [1.29, 1.82) is 0 Å². The Bertz CT molecular complexity index is 679. The van der Waals surface area contributed by atoms with E-state index in [1.165, 1.54) is 5.39 Å². The summed E-state index contributed by atoms with van der Waals surface area (Å²) in [6.07, 6.45) is 0.937. The molecule has 3 rings (SSSR count). The highest BCUT2D eigenvalue weighted by Crippen LogP contribution is 2.23. The Balaban J connectivity index is 1.85. The van der Waals surface area contributed by atoms with Crippen molar-refractivity contribution in [2.45, 2.75) is 12.6 Å². The topological polar surface area (TPSA) is 12.9 Å². The predicted molar refractivity (Wildman–Crippen MR) is 75.7 cm³/mol. The third-order valence-electron chi connectivity index (χ3n) is 3.24. The maximum Gasteiger partial charge on any atom is 0.146 e. The summed E-state index contributed by atoms with van der Waals surface area (Å²) in [5, 5.41) is 2.33. The minimum atomic E-state index is -1.05. The molecule has 1 atom stereocenters. The molecule has 1 aromatic heterocycles. The molecular weight excluding hydrogens is 237 g/mol. The molecule has 0 radical (unpaired) electrons. The summed E-state index contributed by atoms with van der Waals surface area (Å²) >= 11 is 0. The molecule has 2 heteroatoms. The van der Waals surface area contributed by atoms with E-state index in [1.54, 1.807) is 18.3 Å². The molecule has 19 heavy (non-hydrogen) atoms. The zero-order chi connectivity index (χ0) is 13.1. The van der Waals surface area contributed by atoms with Crippen LogP contribution in [0.4, 0.5) is 4.39 Å². The van der Waals surface area contributed by atoms with Gasteiger partial charge in [0.1, 0.15) is 6.17 Å². The fraction of sp³-hybridized carbons (Fsp3) is 0.118. The number of rotatable bonds is 3. The summed E-state index contributed by atoms with van der Waals surface area (Å²) in [7, 11) is 0. The lowest BCUT2D eigenvalue weighted by Gasteiger charge is -2.08. The monoisotopic (exact) mass is 251 g/mol. The van der Waals surface area contributed by atoms with Crippen LogP contribution in [0.2, 0.25) is 0 Å². The second-order valence-corrected chi connectivity index (χ2v) is 4.61. The predicted octanol–water partition coefficient (Wildman–Crippen LogP) is 4.49. The molecule has 0 aliphatic carbocycles. The highest BCUT2D eigenvalue weighted by molar-refractivity contribution is 5.82. The fourth-order valence-corrected chi connectivity index (χ4v) is 2.24. The van der Waals surface area contributed by atoms with E-state index in [0.717, 1.165) is 10.9 Å². The molecule has 2 aromatic carbocycles. The molecule has 3 aromatic rings. The number of nitrogens with zero attached hydrogens (tertiary/aromatic N) is 1. The standard InChI is InChI=1S/C17H14FN/c18-16(17-7-3-4-10-19-17)12-13-8-9-14-5-1-2-6-15(14)11-13/h1-11,16H,12H2. The molecule has 0 fully saturated rings. The van der Waals surface area contributed by atoms with E-state index in [0.29, 0.717) is 12.1 Å². The second kappa shape index (κ2) is 5.19. The van der Waals surface area contributed by atoms with E-state index in [1.807, 2.05) is 42.5 Å². The number of hydrogen-bond donors (Lipinski definition) is 0. The van der Waals surface area contributed by atoms with E-state index >= 15 is 0 Å². The van der Waals surface area contributed by atoms with Gasteiger partial charge in [-0.15, -0.1) is 0 Å². The molecule has 0 bridgehead atoms. The third kappa shape index (κ3) is 2.63. The first-order chi connectivity index (χ1) is 9.33. The largest absolute Gasteiger partial charge is 0.258 e. The van der Waals surface area contributed by atoms with Crippen molar-refractivity contribution in [3.63, 3.8) is 0 Å². The molecule has 0 saturated carbocycles. The summed E-state index contributed by atoms with van der Waals surface area (Å²) in [5.74, 6) is 0. The molecule has 0 saturated heterocycles. The van der Waals surface area contributed by atoms with E-state index < -0.39 is 6.17 Å². The van der Waals surface area contributed by atoms with Crippen LogP contribution in [-0.4, -0.2) is 4.98 Å². The van der Waals surface area contributed by atoms with Gasteiger partial charge in [0.15, 0.2) is 0 Å². The molecule has 0 N–H and O–H groups in total. The zero-order valence-corrected chi connectivity index (χ0v) is 10.5. The van der Waals surface area contributed by atoms with E-state index in [9.17, 15) is 4.39 Å². The Kier molecular flexibility index (Phi) is 3.23. The van der Waals surface area contributed by atoms with Gasteiger partial charge in [-0.3, -0.25) is 4.98 Å². The Labute approximate surface area is 111 Å². The lowest BCUT2D eigenvalue weighted by Crippen LogP contribution is -1.99. The van der Waals surface area contributed by atoms with Crippen molar-refractivity contribution >= 4 is 10.8 Å². The van der Waals surface area contributed by atoms with Crippen molar-refractivity contribution in [2.24, 2.45) is 0 Å². The molecular formula is C17H14FN. The van der Waals surface area contributed by atoms with Crippen LogP contribution in [0.15, 0.2) is 66.9 Å². The van der Waals surface area contributed by atoms with Gasteiger partial charge in [-0.2, -0.15) is 0 Å². The number of hydrogen-bond acceptors (Lipinski definition) is 1. The number of alkyl halides is 1. The van der Waals surface area contributed by atoms with Gasteiger partial charge in [0, 0.05) is 12.6 Å². The molecule has 1 nitrogen and oxygen atoms in total. The number of fused-ring (bicyclic) bond motifs is 1. The van der Waals surface area contributed by atoms with Crippen LogP contribution in [-0.2, 0) is 6.42 Å². The Hall–Kier alpha value is -2.22. The molecule has 0 spiro atoms. The first-order valence-corrected chi connectivity index (χ1v) is 6.35. The first-order valence-electron chi connectivity index (χ1n) is 6.35. The van der Waals surface area contributed by atoms with Crippen LogP contribution in [0.1, 0.15) is 17.4 Å². The summed E-state index contributed by atoms with van der Waals surface area (Å²) in [4.78, 5) is 4.06. The number of halogens is 1. The van der Waals surface area contributed by atoms with Gasteiger partial charge in [0.2, 0.25) is 0 Å². The summed E-state index contributed by atoms with van der Waals surface area (Å²) in [5.41, 5.74) is 1.49. The first kappa shape index (κ1) is 11.8. The number of aromatic nitrogens is 1. The minimum Gasteiger partial charge on any atom is -0.258 e. The van der Waals surface area contributed by atoms with E-state index in [4.69, 9.17) is 0 Å². The van der Waals surface area contributed by atoms with Crippen LogP contribution in [0.25, 0.3) is 10.8 Å². The highest BCUT2D eigenvalue weighted by atomic mass is 19.1. The average Bonchev–Trinajstić information content (AvgIpc) is 2.48. The average molecular weight is 251 g/mol. The lowest BCUT2D eigenvalue weighted by molar-refractivity contribution is 0.334.